The fourth-order valence-corrected chi connectivity index (χ4v) is 0.466. The van der Waals surface area contributed by atoms with Crippen molar-refractivity contribution in [2.75, 3.05) is 6.61 Å². The number of hydrogen-bond donors (Lipinski definition) is 0. The van der Waals surface area contributed by atoms with Crippen molar-refractivity contribution in [3.8, 4) is 0 Å². The number of ether oxygens (including phenoxy) is 1. The van der Waals surface area contributed by atoms with Crippen molar-refractivity contribution in [3.05, 3.63) is 12.3 Å². The van der Waals surface area contributed by atoms with Crippen LogP contribution in [0, 0.1) is 0 Å². The highest BCUT2D eigenvalue weighted by Gasteiger charge is 1.93. The fourth-order valence-electron chi connectivity index (χ4n) is 0.466. The first-order chi connectivity index (χ1) is 5.81. The monoisotopic (exact) mass is 169 g/mol. The van der Waals surface area contributed by atoms with Gasteiger partial charge in [0.25, 0.3) is 6.47 Å². The zero-order valence-electron chi connectivity index (χ0n) is 6.90. The Kier molecular flexibility index (Phi) is 6.73. The van der Waals surface area contributed by atoms with Crippen LogP contribution in [0.15, 0.2) is 17.3 Å². The van der Waals surface area contributed by atoms with Crippen LogP contribution in [0.1, 0.15) is 13.3 Å². The summed E-state index contributed by atoms with van der Waals surface area (Å²) in [6.07, 6.45) is 5.05. The van der Waals surface area contributed by atoms with Gasteiger partial charge in [0.15, 0.2) is 5.78 Å². The Morgan fingerprint density at radius 1 is 1.75 bits per heavy atom. The van der Waals surface area contributed by atoms with Gasteiger partial charge in [-0.05, 0) is 13.0 Å². The Balaban J connectivity index is 0.000000217. The van der Waals surface area contributed by atoms with Crippen LogP contribution in [0.3, 0.4) is 0 Å². The normalized spacial score (nSPS) is 13.2. The van der Waals surface area contributed by atoms with Crippen LogP contribution in [0.25, 0.3) is 0 Å². The molecule has 1 heterocycles. The molecule has 0 aromatic heterocycles. The highest BCUT2D eigenvalue weighted by Crippen LogP contribution is 1.88. The van der Waals surface area contributed by atoms with Crippen LogP contribution in [-0.4, -0.2) is 25.1 Å². The molecule has 0 amide bonds. The molecule has 0 radical (unpaired) electrons. The maximum atomic E-state index is 10.3. The third-order valence-electron chi connectivity index (χ3n) is 0.979. The molecule has 0 atom stereocenters. The first-order valence-electron chi connectivity index (χ1n) is 3.57. The average molecular weight is 169 g/mol. The molecule has 0 unspecified atom stereocenters. The summed E-state index contributed by atoms with van der Waals surface area (Å²) < 4.78 is 4.15. The summed E-state index contributed by atoms with van der Waals surface area (Å²) in [5.41, 5.74) is 0. The molecule has 0 saturated carbocycles. The molecule has 0 bridgehead atoms. The summed E-state index contributed by atoms with van der Waals surface area (Å²) in [5.74, 6) is 0.134. The molecule has 1 rings (SSSR count). The number of hydrogen-bond acceptors (Lipinski definition) is 4. The molecule has 4 heteroatoms. The van der Waals surface area contributed by atoms with Gasteiger partial charge >= 0.3 is 0 Å². The Morgan fingerprint density at radius 3 is 2.67 bits per heavy atom. The van der Waals surface area contributed by atoms with Gasteiger partial charge in [-0.1, -0.05) is 0 Å². The van der Waals surface area contributed by atoms with Crippen molar-refractivity contribution in [3.63, 3.8) is 0 Å². The van der Waals surface area contributed by atoms with E-state index in [1.165, 1.54) is 12.3 Å². The van der Waals surface area contributed by atoms with Gasteiger partial charge in [0.2, 0.25) is 0 Å². The summed E-state index contributed by atoms with van der Waals surface area (Å²) in [5, 5.41) is 0. The third-order valence-corrected chi connectivity index (χ3v) is 0.979. The summed E-state index contributed by atoms with van der Waals surface area (Å²) in [7, 11) is 0. The van der Waals surface area contributed by atoms with Gasteiger partial charge in [-0.15, -0.1) is 0 Å². The fraction of sp³-hybridized carbons (Fsp3) is 0.375. The van der Waals surface area contributed by atoms with E-state index in [0.29, 0.717) is 19.5 Å². The summed E-state index contributed by atoms with van der Waals surface area (Å²) in [4.78, 5) is 23.2. The molecular weight excluding hydrogens is 158 g/mol. The first-order valence-corrected chi connectivity index (χ1v) is 3.57. The summed E-state index contributed by atoms with van der Waals surface area (Å²) >= 11 is 0. The standard InChI is InChI=1S/C5H5NO.C3H6O2/c7-5-1-3-6-4-2-5;1-2-5-3-4/h1,3-4H,2H2;3H,2H2,1H3. The Bertz CT molecular complexity index is 196. The van der Waals surface area contributed by atoms with Gasteiger partial charge in [-0.2, -0.15) is 0 Å². The average Bonchev–Trinajstić information content (AvgIpc) is 2.08. The number of allylic oxidation sites excluding steroid dienone is 1. The Morgan fingerprint density at radius 2 is 2.50 bits per heavy atom. The van der Waals surface area contributed by atoms with E-state index in [0.717, 1.165) is 0 Å². The van der Waals surface area contributed by atoms with Gasteiger partial charge in [-0.25, -0.2) is 0 Å². The van der Waals surface area contributed by atoms with Crippen molar-refractivity contribution in [2.45, 2.75) is 13.3 Å². The van der Waals surface area contributed by atoms with Crippen molar-refractivity contribution < 1.29 is 14.3 Å². The third kappa shape index (κ3) is 6.67. The minimum atomic E-state index is 0.134. The van der Waals surface area contributed by atoms with Gasteiger partial charge in [0.05, 0.1) is 6.61 Å². The van der Waals surface area contributed by atoms with Crippen LogP contribution in [-0.2, 0) is 14.3 Å². The number of carbonyl (C=O) groups excluding carboxylic acids is 2. The smallest absolute Gasteiger partial charge is 0.293 e. The topological polar surface area (TPSA) is 55.7 Å². The molecule has 0 saturated heterocycles. The van der Waals surface area contributed by atoms with E-state index in [1.54, 1.807) is 13.1 Å². The molecule has 0 N–H and O–H groups in total. The lowest BCUT2D eigenvalue weighted by Gasteiger charge is -1.88. The maximum Gasteiger partial charge on any atom is 0.293 e. The predicted molar refractivity (Wildman–Crippen MR) is 44.9 cm³/mol. The molecule has 0 aromatic rings. The summed E-state index contributed by atoms with van der Waals surface area (Å²) in [6.45, 7) is 2.66. The quantitative estimate of drug-likeness (QED) is 0.572. The lowest BCUT2D eigenvalue weighted by Crippen LogP contribution is -1.95. The molecule has 1 aliphatic heterocycles. The van der Waals surface area contributed by atoms with Gasteiger partial charge in [0, 0.05) is 18.8 Å². The predicted octanol–water partition coefficient (Wildman–Crippen LogP) is 0.723. The van der Waals surface area contributed by atoms with Gasteiger partial charge < -0.3 is 4.74 Å². The summed E-state index contributed by atoms with van der Waals surface area (Å²) in [6, 6.07) is 0. The van der Waals surface area contributed by atoms with E-state index in [1.807, 2.05) is 0 Å². The number of carbonyl (C=O) groups is 2. The number of rotatable bonds is 2. The largest absolute Gasteiger partial charge is 0.468 e. The molecular formula is C8H11NO3. The molecule has 0 spiro atoms. The molecule has 1 aliphatic rings. The van der Waals surface area contributed by atoms with Crippen LogP contribution in [0.2, 0.25) is 0 Å². The number of aliphatic imine (C=N–C) groups is 1. The maximum absolute atomic E-state index is 10.3. The van der Waals surface area contributed by atoms with E-state index in [-0.39, 0.29) is 5.78 Å². The van der Waals surface area contributed by atoms with Crippen molar-refractivity contribution in [1.29, 1.82) is 0 Å². The van der Waals surface area contributed by atoms with Crippen LogP contribution in [0.5, 0.6) is 0 Å². The van der Waals surface area contributed by atoms with Crippen molar-refractivity contribution in [1.82, 2.24) is 0 Å². The zero-order chi connectivity index (χ0) is 9.23. The molecule has 12 heavy (non-hydrogen) atoms. The molecule has 0 fully saturated rings. The molecule has 0 aromatic carbocycles. The molecule has 66 valence electrons. The van der Waals surface area contributed by atoms with Crippen LogP contribution < -0.4 is 0 Å². The second-order valence-corrected chi connectivity index (χ2v) is 1.87. The Labute approximate surface area is 70.9 Å². The van der Waals surface area contributed by atoms with E-state index in [9.17, 15) is 9.59 Å². The second-order valence-electron chi connectivity index (χ2n) is 1.87. The second kappa shape index (κ2) is 7.65. The highest BCUT2D eigenvalue weighted by atomic mass is 16.5. The van der Waals surface area contributed by atoms with E-state index in [4.69, 9.17) is 0 Å². The lowest BCUT2D eigenvalue weighted by molar-refractivity contribution is -0.128. The Hall–Kier alpha value is -1.45. The van der Waals surface area contributed by atoms with Crippen LogP contribution >= 0.6 is 0 Å². The van der Waals surface area contributed by atoms with E-state index >= 15 is 0 Å². The zero-order valence-corrected chi connectivity index (χ0v) is 6.90. The highest BCUT2D eigenvalue weighted by molar-refractivity contribution is 6.00. The minimum Gasteiger partial charge on any atom is -0.468 e. The van der Waals surface area contributed by atoms with Crippen molar-refractivity contribution >= 4 is 18.5 Å². The van der Waals surface area contributed by atoms with Gasteiger partial charge in [-0.3, -0.25) is 14.6 Å². The van der Waals surface area contributed by atoms with Crippen molar-refractivity contribution in [2.24, 2.45) is 4.99 Å². The van der Waals surface area contributed by atoms with E-state index in [2.05, 4.69) is 9.73 Å². The van der Waals surface area contributed by atoms with Crippen LogP contribution in [0.4, 0.5) is 0 Å². The minimum absolute atomic E-state index is 0.134. The lowest BCUT2D eigenvalue weighted by atomic mass is 10.3. The first kappa shape index (κ1) is 10.6. The molecule has 0 aliphatic carbocycles. The SMILES string of the molecule is CCOC=O.O=C1C=CN=CC1. The molecule has 4 nitrogen and oxygen atoms in total. The number of ketones is 1. The van der Waals surface area contributed by atoms with E-state index < -0.39 is 0 Å². The van der Waals surface area contributed by atoms with Gasteiger partial charge in [0.1, 0.15) is 0 Å². The number of nitrogens with zero attached hydrogens (tertiary/aromatic N) is 1.